The molecule has 0 unspecified atom stereocenters. The highest BCUT2D eigenvalue weighted by Gasteiger charge is 2.20. The number of amides is 1. The summed E-state index contributed by atoms with van der Waals surface area (Å²) in [6.07, 6.45) is 1.89. The van der Waals surface area contributed by atoms with Gasteiger partial charge in [-0.3, -0.25) is 9.59 Å². The Labute approximate surface area is 149 Å². The van der Waals surface area contributed by atoms with Crippen LogP contribution in [-0.2, 0) is 16.0 Å². The van der Waals surface area contributed by atoms with E-state index in [1.54, 1.807) is 30.5 Å². The minimum atomic E-state index is -0.0914. The Morgan fingerprint density at radius 2 is 1.92 bits per heavy atom. The molecule has 2 heterocycles. The number of carbonyl (C=O) groups excluding carboxylic acids is 2. The average Bonchev–Trinajstić information content (AvgIpc) is 2.79. The molecule has 0 atom stereocenters. The van der Waals surface area contributed by atoms with Crippen LogP contribution in [0.15, 0.2) is 54.7 Å². The van der Waals surface area contributed by atoms with Gasteiger partial charge in [0.1, 0.15) is 5.75 Å². The Hall–Kier alpha value is -3.74. The van der Waals surface area contributed by atoms with Crippen LogP contribution in [-0.4, -0.2) is 22.3 Å². The van der Waals surface area contributed by atoms with Gasteiger partial charge < -0.3 is 15.4 Å². The fourth-order valence-electron chi connectivity index (χ4n) is 2.80. The number of fused-ring (bicyclic) bond motifs is 3. The van der Waals surface area contributed by atoms with E-state index < -0.39 is 0 Å². The lowest BCUT2D eigenvalue weighted by atomic mass is 10.1. The van der Waals surface area contributed by atoms with Crippen LogP contribution >= 0.6 is 0 Å². The number of benzene rings is 2. The number of hydrogen-bond acceptors (Lipinski definition) is 6. The standard InChI is InChI=1S/C19H14N4O3/c24-11-26-14-7-5-13(6-8-14)21-19-20-10-12-9-17(25)22-16-4-2-1-3-15(16)18(12)23-19/h1-8,10-11H,9H2,(H,22,25)(H,20,21,23). The first-order chi connectivity index (χ1) is 12.7. The molecule has 1 aliphatic heterocycles. The second-order valence-electron chi connectivity index (χ2n) is 5.70. The van der Waals surface area contributed by atoms with Crippen LogP contribution in [0.2, 0.25) is 0 Å². The van der Waals surface area contributed by atoms with Gasteiger partial charge in [-0.1, -0.05) is 18.2 Å². The maximum Gasteiger partial charge on any atom is 0.298 e. The molecule has 0 bridgehead atoms. The van der Waals surface area contributed by atoms with Crippen molar-refractivity contribution < 1.29 is 14.3 Å². The van der Waals surface area contributed by atoms with Crippen molar-refractivity contribution in [2.24, 2.45) is 0 Å². The number of anilines is 3. The van der Waals surface area contributed by atoms with Crippen molar-refractivity contribution in [3.8, 4) is 17.0 Å². The number of hydrogen-bond donors (Lipinski definition) is 2. The molecule has 2 N–H and O–H groups in total. The van der Waals surface area contributed by atoms with Gasteiger partial charge in [0, 0.05) is 23.0 Å². The van der Waals surface area contributed by atoms with Crippen molar-refractivity contribution in [1.29, 1.82) is 0 Å². The van der Waals surface area contributed by atoms with E-state index >= 15 is 0 Å². The van der Waals surface area contributed by atoms with E-state index in [-0.39, 0.29) is 12.3 Å². The molecule has 128 valence electrons. The molecule has 0 saturated carbocycles. The van der Waals surface area contributed by atoms with Gasteiger partial charge in [-0.2, -0.15) is 0 Å². The van der Waals surface area contributed by atoms with Crippen molar-refractivity contribution in [1.82, 2.24) is 9.97 Å². The molecule has 2 aromatic carbocycles. The molecule has 7 nitrogen and oxygen atoms in total. The predicted molar refractivity (Wildman–Crippen MR) is 96.2 cm³/mol. The third-order valence-corrected chi connectivity index (χ3v) is 3.97. The SMILES string of the molecule is O=COc1ccc(Nc2ncc3c(n2)-c2ccccc2NC(=O)C3)cc1. The molecule has 0 radical (unpaired) electrons. The van der Waals surface area contributed by atoms with Crippen LogP contribution < -0.4 is 15.4 Å². The normalized spacial score (nSPS) is 12.2. The molecule has 1 aromatic heterocycles. The molecular formula is C19H14N4O3. The van der Waals surface area contributed by atoms with Gasteiger partial charge in [-0.25, -0.2) is 9.97 Å². The zero-order valence-electron chi connectivity index (χ0n) is 13.6. The zero-order valence-corrected chi connectivity index (χ0v) is 13.6. The highest BCUT2D eigenvalue weighted by molar-refractivity contribution is 5.99. The van der Waals surface area contributed by atoms with E-state index in [0.29, 0.717) is 18.2 Å². The topological polar surface area (TPSA) is 93.2 Å². The minimum Gasteiger partial charge on any atom is -0.429 e. The van der Waals surface area contributed by atoms with Gasteiger partial charge >= 0.3 is 0 Å². The molecule has 0 saturated heterocycles. The lowest BCUT2D eigenvalue weighted by molar-refractivity contribution is -0.120. The molecule has 0 spiro atoms. The quantitative estimate of drug-likeness (QED) is 0.706. The van der Waals surface area contributed by atoms with Crippen LogP contribution in [0.1, 0.15) is 5.56 Å². The van der Waals surface area contributed by atoms with Crippen LogP contribution in [0.3, 0.4) is 0 Å². The van der Waals surface area contributed by atoms with Gasteiger partial charge in [-0.05, 0) is 30.3 Å². The molecule has 26 heavy (non-hydrogen) atoms. The first-order valence-electron chi connectivity index (χ1n) is 7.95. The van der Waals surface area contributed by atoms with E-state index in [4.69, 9.17) is 4.74 Å². The fourth-order valence-corrected chi connectivity index (χ4v) is 2.80. The summed E-state index contributed by atoms with van der Waals surface area (Å²) in [5, 5.41) is 6.00. The number of para-hydroxylation sites is 1. The predicted octanol–water partition coefficient (Wildman–Crippen LogP) is 2.92. The minimum absolute atomic E-state index is 0.0914. The Balaban J connectivity index is 1.68. The van der Waals surface area contributed by atoms with Crippen LogP contribution in [0.25, 0.3) is 11.3 Å². The molecular weight excluding hydrogens is 332 g/mol. The molecule has 4 rings (SSSR count). The fraction of sp³-hybridized carbons (Fsp3) is 0.0526. The molecule has 3 aromatic rings. The molecule has 0 fully saturated rings. The van der Waals surface area contributed by atoms with Gasteiger partial charge in [0.25, 0.3) is 6.47 Å². The Morgan fingerprint density at radius 1 is 1.12 bits per heavy atom. The maximum atomic E-state index is 12.1. The Morgan fingerprint density at radius 3 is 2.73 bits per heavy atom. The highest BCUT2D eigenvalue weighted by atomic mass is 16.5. The lowest BCUT2D eigenvalue weighted by Crippen LogP contribution is -2.12. The second kappa shape index (κ2) is 6.64. The number of nitrogens with zero attached hydrogens (tertiary/aromatic N) is 2. The van der Waals surface area contributed by atoms with Crippen LogP contribution in [0.5, 0.6) is 5.75 Å². The summed E-state index contributed by atoms with van der Waals surface area (Å²) in [5.74, 6) is 0.773. The highest BCUT2D eigenvalue weighted by Crippen LogP contribution is 2.32. The summed E-state index contributed by atoms with van der Waals surface area (Å²) in [6.45, 7) is 0.380. The van der Waals surface area contributed by atoms with Gasteiger partial charge in [0.05, 0.1) is 17.8 Å². The first-order valence-corrected chi connectivity index (χ1v) is 7.95. The summed E-state index contributed by atoms with van der Waals surface area (Å²) in [5.41, 5.74) is 3.83. The molecule has 7 heteroatoms. The van der Waals surface area contributed by atoms with Crippen molar-refractivity contribution in [2.75, 3.05) is 10.6 Å². The second-order valence-corrected chi connectivity index (χ2v) is 5.70. The first kappa shape index (κ1) is 15.8. The summed E-state index contributed by atoms with van der Waals surface area (Å²) in [7, 11) is 0. The van der Waals surface area contributed by atoms with Crippen LogP contribution in [0, 0.1) is 0 Å². The number of aromatic nitrogens is 2. The Bertz CT molecular complexity index is 986. The van der Waals surface area contributed by atoms with E-state index in [1.807, 2.05) is 24.3 Å². The number of nitrogens with one attached hydrogen (secondary N) is 2. The van der Waals surface area contributed by atoms with Gasteiger partial charge in [0.2, 0.25) is 11.9 Å². The zero-order chi connectivity index (χ0) is 17.9. The Kier molecular flexibility index (Phi) is 4.03. The maximum absolute atomic E-state index is 12.1. The molecule has 0 aliphatic carbocycles. The summed E-state index contributed by atoms with van der Waals surface area (Å²) in [4.78, 5) is 31.3. The summed E-state index contributed by atoms with van der Waals surface area (Å²) >= 11 is 0. The lowest BCUT2D eigenvalue weighted by Gasteiger charge is -2.10. The third kappa shape index (κ3) is 3.10. The largest absolute Gasteiger partial charge is 0.429 e. The van der Waals surface area contributed by atoms with E-state index in [1.165, 1.54) is 0 Å². The van der Waals surface area contributed by atoms with Crippen molar-refractivity contribution >= 4 is 29.7 Å². The number of rotatable bonds is 4. The van der Waals surface area contributed by atoms with E-state index in [9.17, 15) is 9.59 Å². The molecule has 1 amide bonds. The van der Waals surface area contributed by atoms with Crippen LogP contribution in [0.4, 0.5) is 17.3 Å². The van der Waals surface area contributed by atoms with Gasteiger partial charge in [0.15, 0.2) is 0 Å². The smallest absolute Gasteiger partial charge is 0.298 e. The van der Waals surface area contributed by atoms with Gasteiger partial charge in [-0.15, -0.1) is 0 Å². The number of ether oxygens (including phenoxy) is 1. The summed E-state index contributed by atoms with van der Waals surface area (Å²) in [6, 6.07) is 14.4. The van der Waals surface area contributed by atoms with Crippen molar-refractivity contribution in [2.45, 2.75) is 6.42 Å². The summed E-state index contributed by atoms with van der Waals surface area (Å²) < 4.78 is 4.77. The number of carbonyl (C=O) groups is 2. The molecule has 1 aliphatic rings. The van der Waals surface area contributed by atoms with E-state index in [0.717, 1.165) is 28.2 Å². The van der Waals surface area contributed by atoms with Crippen molar-refractivity contribution in [3.05, 3.63) is 60.3 Å². The van der Waals surface area contributed by atoms with E-state index in [2.05, 4.69) is 20.6 Å². The van der Waals surface area contributed by atoms with Crippen molar-refractivity contribution in [3.63, 3.8) is 0 Å². The average molecular weight is 346 g/mol. The third-order valence-electron chi connectivity index (χ3n) is 3.97. The monoisotopic (exact) mass is 346 g/mol.